The second-order valence-electron chi connectivity index (χ2n) is 11.2. The number of carbonyl (C=O) groups is 1. The predicted octanol–water partition coefficient (Wildman–Crippen LogP) is 1.20. The standard InChI is InChI=1S/C29H33BN6O4/c1-29(10-19-5-6-20(11-29)35(19)24(39)15-38)26-25(30)27(31)36-28(34-26)21(13-33-36)17-3-7-22(32-12-17)16-4-8-23(40-2)18(9-16)14-37/h3-4,7-9,12-13,19-20,37-38H,5-6,10-11,14-15,30-31H2,1-2H3. The average molecular weight is 540 g/mol. The molecule has 4 N–H and O–H groups in total. The highest BCUT2D eigenvalue weighted by Crippen LogP contribution is 2.46. The van der Waals surface area contributed by atoms with Crippen LogP contribution in [-0.2, 0) is 16.8 Å². The van der Waals surface area contributed by atoms with Crippen LogP contribution in [0, 0.1) is 0 Å². The van der Waals surface area contributed by atoms with Gasteiger partial charge in [-0.3, -0.25) is 9.78 Å². The molecule has 1 amide bonds. The SMILES string of the molecule is Bc1c(C2(C)CC3CCC(C2)N3C(=O)CO)nc2c(-c3ccc(-c4ccc(OC)c(CO)c4)nc3)cnn2c1N. The van der Waals surface area contributed by atoms with Gasteiger partial charge >= 0.3 is 0 Å². The van der Waals surface area contributed by atoms with Crippen molar-refractivity contribution in [3.05, 3.63) is 54.0 Å². The lowest BCUT2D eigenvalue weighted by atomic mass is 9.70. The number of carbonyl (C=O) groups excluding carboxylic acids is 1. The highest BCUT2D eigenvalue weighted by Gasteiger charge is 2.49. The van der Waals surface area contributed by atoms with Crippen LogP contribution in [0.4, 0.5) is 5.82 Å². The molecule has 2 fully saturated rings. The minimum atomic E-state index is -0.451. The number of piperidine rings is 1. The van der Waals surface area contributed by atoms with Crippen LogP contribution in [-0.4, -0.2) is 74.2 Å². The summed E-state index contributed by atoms with van der Waals surface area (Å²) >= 11 is 0. The van der Waals surface area contributed by atoms with E-state index in [9.17, 15) is 15.0 Å². The van der Waals surface area contributed by atoms with E-state index in [1.807, 2.05) is 43.1 Å². The first-order chi connectivity index (χ1) is 19.3. The maximum Gasteiger partial charge on any atom is 0.248 e. The first-order valence-electron chi connectivity index (χ1n) is 13.6. The van der Waals surface area contributed by atoms with Gasteiger partial charge < -0.3 is 25.6 Å². The molecule has 40 heavy (non-hydrogen) atoms. The summed E-state index contributed by atoms with van der Waals surface area (Å²) in [6.45, 7) is 1.64. The number of amides is 1. The first kappa shape index (κ1) is 26.3. The molecule has 4 aromatic rings. The molecule has 3 aromatic heterocycles. The molecule has 11 heteroatoms. The van der Waals surface area contributed by atoms with Gasteiger partial charge in [-0.1, -0.05) is 13.0 Å². The highest BCUT2D eigenvalue weighted by atomic mass is 16.5. The smallest absolute Gasteiger partial charge is 0.248 e. The quantitative estimate of drug-likeness (QED) is 0.310. The van der Waals surface area contributed by atoms with E-state index < -0.39 is 6.61 Å². The number of aliphatic hydroxyl groups is 2. The number of aliphatic hydroxyl groups excluding tert-OH is 2. The lowest BCUT2D eigenvalue weighted by molar-refractivity contribution is -0.139. The third kappa shape index (κ3) is 4.12. The highest BCUT2D eigenvalue weighted by molar-refractivity contribution is 6.36. The number of pyridine rings is 1. The number of methoxy groups -OCH3 is 1. The Kier molecular flexibility index (Phi) is 6.51. The number of rotatable bonds is 6. The number of aromatic nitrogens is 4. The van der Waals surface area contributed by atoms with Gasteiger partial charge in [-0.05, 0) is 55.4 Å². The molecule has 0 radical (unpaired) electrons. The summed E-state index contributed by atoms with van der Waals surface area (Å²) in [6.07, 6.45) is 6.99. The van der Waals surface area contributed by atoms with Crippen molar-refractivity contribution in [1.82, 2.24) is 24.5 Å². The van der Waals surface area contributed by atoms with Crippen molar-refractivity contribution >= 4 is 30.7 Å². The zero-order chi connectivity index (χ0) is 28.2. The zero-order valence-electron chi connectivity index (χ0n) is 23.0. The molecule has 206 valence electrons. The van der Waals surface area contributed by atoms with Crippen LogP contribution in [0.25, 0.3) is 28.0 Å². The number of nitrogens with zero attached hydrogens (tertiary/aromatic N) is 5. The number of fused-ring (bicyclic) bond motifs is 3. The fourth-order valence-corrected chi connectivity index (χ4v) is 6.84. The Morgan fingerprint density at radius 3 is 2.50 bits per heavy atom. The topological polar surface area (TPSA) is 139 Å². The number of hydrogen-bond donors (Lipinski definition) is 3. The van der Waals surface area contributed by atoms with Crippen molar-refractivity contribution in [2.75, 3.05) is 19.5 Å². The van der Waals surface area contributed by atoms with Gasteiger partial charge in [0.25, 0.3) is 0 Å². The van der Waals surface area contributed by atoms with Crippen LogP contribution >= 0.6 is 0 Å². The molecular formula is C29H33BN6O4. The summed E-state index contributed by atoms with van der Waals surface area (Å²) in [5.74, 6) is 0.995. The Morgan fingerprint density at radius 2 is 1.88 bits per heavy atom. The molecule has 2 atom stereocenters. The van der Waals surface area contributed by atoms with E-state index in [0.29, 0.717) is 22.8 Å². The van der Waals surface area contributed by atoms with Crippen molar-refractivity contribution in [2.45, 2.75) is 56.7 Å². The van der Waals surface area contributed by atoms with Gasteiger partial charge in [0.2, 0.25) is 5.91 Å². The molecule has 6 rings (SSSR count). The maximum atomic E-state index is 12.4. The van der Waals surface area contributed by atoms with Gasteiger partial charge in [0.05, 0.1) is 25.6 Å². The van der Waals surface area contributed by atoms with Crippen molar-refractivity contribution in [2.24, 2.45) is 0 Å². The van der Waals surface area contributed by atoms with E-state index >= 15 is 0 Å². The van der Waals surface area contributed by atoms with E-state index in [0.717, 1.165) is 59.2 Å². The largest absolute Gasteiger partial charge is 0.496 e. The molecule has 2 unspecified atom stereocenters. The lowest BCUT2D eigenvalue weighted by Gasteiger charge is -2.45. The third-order valence-electron chi connectivity index (χ3n) is 8.74. The van der Waals surface area contributed by atoms with Gasteiger partial charge in [0.1, 0.15) is 26.0 Å². The van der Waals surface area contributed by atoms with E-state index in [1.165, 1.54) is 0 Å². The number of nitrogen functional groups attached to an aromatic ring is 1. The van der Waals surface area contributed by atoms with Crippen molar-refractivity contribution < 1.29 is 19.7 Å². The van der Waals surface area contributed by atoms with Gasteiger partial charge in [0, 0.05) is 51.6 Å². The van der Waals surface area contributed by atoms with Crippen LogP contribution in [0.1, 0.15) is 43.9 Å². The van der Waals surface area contributed by atoms with E-state index in [1.54, 1.807) is 24.0 Å². The lowest BCUT2D eigenvalue weighted by Crippen LogP contribution is -2.53. The molecule has 0 aliphatic carbocycles. The summed E-state index contributed by atoms with van der Waals surface area (Å²) < 4.78 is 7.00. The normalized spacial score (nSPS) is 22.1. The summed E-state index contributed by atoms with van der Waals surface area (Å²) in [5, 5.41) is 23.7. The zero-order valence-corrected chi connectivity index (χ0v) is 23.0. The Balaban J connectivity index is 1.36. The Bertz CT molecular complexity index is 1590. The van der Waals surface area contributed by atoms with Gasteiger partial charge in [-0.15, -0.1) is 0 Å². The average Bonchev–Trinajstić information content (AvgIpc) is 3.53. The fraction of sp³-hybridized carbons (Fsp3) is 0.379. The molecule has 2 bridgehead atoms. The number of ether oxygens (including phenoxy) is 1. The van der Waals surface area contributed by atoms with Gasteiger partial charge in [0.15, 0.2) is 5.65 Å². The van der Waals surface area contributed by atoms with Gasteiger partial charge in [-0.25, -0.2) is 4.98 Å². The molecule has 5 heterocycles. The van der Waals surface area contributed by atoms with Gasteiger partial charge in [-0.2, -0.15) is 9.61 Å². The Hall–Kier alpha value is -3.96. The first-order valence-corrected chi connectivity index (χ1v) is 13.6. The van der Waals surface area contributed by atoms with Crippen molar-refractivity contribution in [3.63, 3.8) is 0 Å². The number of nitrogens with two attached hydrogens (primary N) is 1. The molecule has 1 aromatic carbocycles. The predicted molar refractivity (Wildman–Crippen MR) is 154 cm³/mol. The molecule has 0 spiro atoms. The third-order valence-corrected chi connectivity index (χ3v) is 8.74. The summed E-state index contributed by atoms with van der Waals surface area (Å²) in [5.41, 5.74) is 12.9. The monoisotopic (exact) mass is 540 g/mol. The Labute approximate surface area is 233 Å². The molecule has 2 aliphatic rings. The van der Waals surface area contributed by atoms with E-state index in [-0.39, 0.29) is 30.0 Å². The minimum Gasteiger partial charge on any atom is -0.496 e. The second-order valence-corrected chi connectivity index (χ2v) is 11.2. The molecular weight excluding hydrogens is 507 g/mol. The van der Waals surface area contributed by atoms with Crippen LogP contribution in [0.5, 0.6) is 5.75 Å². The fourth-order valence-electron chi connectivity index (χ4n) is 6.84. The van der Waals surface area contributed by atoms with Crippen LogP contribution in [0.2, 0.25) is 0 Å². The maximum absolute atomic E-state index is 12.4. The van der Waals surface area contributed by atoms with Crippen LogP contribution in [0.3, 0.4) is 0 Å². The summed E-state index contributed by atoms with van der Waals surface area (Å²) in [6, 6.07) is 9.73. The summed E-state index contributed by atoms with van der Waals surface area (Å²) in [7, 11) is 3.57. The van der Waals surface area contributed by atoms with Crippen molar-refractivity contribution in [3.8, 4) is 28.1 Å². The molecule has 2 aliphatic heterocycles. The molecule has 10 nitrogen and oxygen atoms in total. The molecule has 2 saturated heterocycles. The number of anilines is 1. The summed E-state index contributed by atoms with van der Waals surface area (Å²) in [4.78, 5) is 24.2. The van der Waals surface area contributed by atoms with E-state index in [2.05, 4.69) is 12.0 Å². The van der Waals surface area contributed by atoms with Crippen molar-refractivity contribution in [1.29, 1.82) is 0 Å². The molecule has 0 saturated carbocycles. The number of hydrogen-bond acceptors (Lipinski definition) is 8. The van der Waals surface area contributed by atoms with Crippen LogP contribution < -0.4 is 15.9 Å². The second kappa shape index (κ2) is 9.90. The van der Waals surface area contributed by atoms with Crippen LogP contribution in [0.15, 0.2) is 42.7 Å². The number of benzene rings is 1. The minimum absolute atomic E-state index is 0.0903. The van der Waals surface area contributed by atoms with E-state index in [4.69, 9.17) is 20.4 Å². The Morgan fingerprint density at radius 1 is 1.15 bits per heavy atom.